The Balaban J connectivity index is 1.81. The molecule has 1 aliphatic carbocycles. The van der Waals surface area contributed by atoms with Crippen molar-refractivity contribution in [2.45, 2.75) is 37.9 Å². The van der Waals surface area contributed by atoms with Crippen molar-refractivity contribution in [1.29, 1.82) is 0 Å². The quantitative estimate of drug-likeness (QED) is 0.575. The molecular formula is C19H14ClF5N4O2. The summed E-state index contributed by atoms with van der Waals surface area (Å²) in [7, 11) is 0. The van der Waals surface area contributed by atoms with Gasteiger partial charge in [-0.25, -0.2) is 13.3 Å². The molecule has 31 heavy (non-hydrogen) atoms. The van der Waals surface area contributed by atoms with Crippen molar-refractivity contribution in [1.82, 2.24) is 19.9 Å². The monoisotopic (exact) mass is 460 g/mol. The number of hydrogen-bond donors (Lipinski definition) is 2. The Morgan fingerprint density at radius 2 is 2.00 bits per heavy atom. The average molecular weight is 461 g/mol. The fraction of sp³-hybridized carbons (Fsp3) is 0.316. The van der Waals surface area contributed by atoms with Crippen LogP contribution in [0.25, 0.3) is 16.8 Å². The molecule has 12 heteroatoms. The second-order valence-electron chi connectivity index (χ2n) is 7.41. The molecule has 164 valence electrons. The number of carbonyl (C=O) groups excluding carboxylic acids is 1. The highest BCUT2D eigenvalue weighted by Crippen LogP contribution is 2.38. The van der Waals surface area contributed by atoms with Crippen LogP contribution in [-0.2, 0) is 6.18 Å². The lowest BCUT2D eigenvalue weighted by molar-refractivity contribution is -0.136. The molecule has 1 aromatic carbocycles. The summed E-state index contributed by atoms with van der Waals surface area (Å²) >= 11 is 5.97. The Hall–Kier alpha value is -2.95. The predicted octanol–water partition coefficient (Wildman–Crippen LogP) is 4.20. The molecule has 0 aliphatic heterocycles. The Morgan fingerprint density at radius 3 is 2.58 bits per heavy atom. The van der Waals surface area contributed by atoms with Crippen LogP contribution in [0.2, 0.25) is 5.02 Å². The van der Waals surface area contributed by atoms with E-state index in [2.05, 4.69) is 15.4 Å². The van der Waals surface area contributed by atoms with E-state index in [1.54, 1.807) is 25.1 Å². The first-order valence-electron chi connectivity index (χ1n) is 9.04. The summed E-state index contributed by atoms with van der Waals surface area (Å²) in [6, 6.07) is 3.77. The highest BCUT2D eigenvalue weighted by atomic mass is 35.5. The van der Waals surface area contributed by atoms with Gasteiger partial charge in [0.25, 0.3) is 17.4 Å². The average Bonchev–Trinajstić information content (AvgIpc) is 3.03. The molecule has 0 atom stereocenters. The van der Waals surface area contributed by atoms with Crippen LogP contribution >= 0.6 is 11.6 Å². The lowest BCUT2D eigenvalue weighted by Crippen LogP contribution is -2.50. The number of amides is 1. The Bertz CT molecular complexity index is 1260. The molecular weight excluding hydrogens is 447 g/mol. The van der Waals surface area contributed by atoms with Gasteiger partial charge in [-0.3, -0.25) is 9.59 Å². The van der Waals surface area contributed by atoms with Gasteiger partial charge in [0.15, 0.2) is 5.69 Å². The fourth-order valence-electron chi connectivity index (χ4n) is 3.48. The van der Waals surface area contributed by atoms with Gasteiger partial charge in [0.2, 0.25) is 0 Å². The highest BCUT2D eigenvalue weighted by Gasteiger charge is 2.47. The third kappa shape index (κ3) is 3.89. The predicted molar refractivity (Wildman–Crippen MR) is 101 cm³/mol. The lowest BCUT2D eigenvalue weighted by Gasteiger charge is -2.35. The minimum absolute atomic E-state index is 0.152. The zero-order chi connectivity index (χ0) is 22.7. The van der Waals surface area contributed by atoms with E-state index in [1.807, 2.05) is 0 Å². The summed E-state index contributed by atoms with van der Waals surface area (Å²) < 4.78 is 67.8. The van der Waals surface area contributed by atoms with Crippen molar-refractivity contribution >= 4 is 23.0 Å². The summed E-state index contributed by atoms with van der Waals surface area (Å²) in [5.41, 5.74) is -3.28. The van der Waals surface area contributed by atoms with E-state index in [-0.39, 0.29) is 5.69 Å². The van der Waals surface area contributed by atoms with Crippen LogP contribution in [0.15, 0.2) is 29.2 Å². The van der Waals surface area contributed by atoms with E-state index in [0.717, 1.165) is 6.20 Å². The van der Waals surface area contributed by atoms with Gasteiger partial charge in [-0.2, -0.15) is 18.3 Å². The number of benzene rings is 1. The van der Waals surface area contributed by atoms with Crippen molar-refractivity contribution in [2.24, 2.45) is 0 Å². The topological polar surface area (TPSA) is 79.3 Å². The molecule has 6 nitrogen and oxygen atoms in total. The molecule has 2 heterocycles. The van der Waals surface area contributed by atoms with Crippen LogP contribution in [0.1, 0.15) is 34.5 Å². The lowest BCUT2D eigenvalue weighted by atomic mass is 9.88. The molecule has 4 rings (SSSR count). The molecule has 2 N–H and O–H groups in total. The van der Waals surface area contributed by atoms with Crippen molar-refractivity contribution in [3.05, 3.63) is 56.6 Å². The molecule has 0 spiro atoms. The van der Waals surface area contributed by atoms with Crippen LogP contribution < -0.4 is 10.9 Å². The zero-order valence-corrected chi connectivity index (χ0v) is 16.5. The minimum atomic E-state index is -5.08. The number of halogens is 6. The Labute approximate surface area is 176 Å². The minimum Gasteiger partial charge on any atom is -0.347 e. The summed E-state index contributed by atoms with van der Waals surface area (Å²) in [5.74, 6) is -4.24. The summed E-state index contributed by atoms with van der Waals surface area (Å²) in [6.07, 6.45) is -5.28. The van der Waals surface area contributed by atoms with Gasteiger partial charge in [0.05, 0.1) is 11.9 Å². The number of hydrogen-bond acceptors (Lipinski definition) is 3. The first kappa shape index (κ1) is 21.3. The van der Waals surface area contributed by atoms with Gasteiger partial charge in [-0.05, 0) is 30.2 Å². The van der Waals surface area contributed by atoms with E-state index >= 15 is 0 Å². The summed E-state index contributed by atoms with van der Waals surface area (Å²) in [6.45, 7) is 1.71. The molecule has 1 aliphatic rings. The number of rotatable bonds is 3. The molecule has 0 bridgehead atoms. The van der Waals surface area contributed by atoms with E-state index in [0.29, 0.717) is 20.7 Å². The van der Waals surface area contributed by atoms with Crippen molar-refractivity contribution in [3.8, 4) is 11.3 Å². The number of H-pyrrole nitrogens is 1. The molecule has 1 amide bonds. The second-order valence-corrected chi connectivity index (χ2v) is 7.82. The molecule has 3 aromatic rings. The van der Waals surface area contributed by atoms with Crippen LogP contribution in [0.3, 0.4) is 0 Å². The standard InChI is InChI=1S/C19H14ClF5N4O2/c1-8-4-9(2-3-11(8)20)12-7-29-15(17(31)27-12)13(19(23,24)25)14(28-29)16(30)26-10-5-18(21,22)6-10/h2-4,7,10H,5-6H2,1H3,(H,26,30)(H,27,31). The highest BCUT2D eigenvalue weighted by molar-refractivity contribution is 6.31. The van der Waals surface area contributed by atoms with Gasteiger partial charge in [-0.15, -0.1) is 0 Å². The fourth-order valence-corrected chi connectivity index (χ4v) is 3.60. The first-order valence-corrected chi connectivity index (χ1v) is 9.41. The van der Waals surface area contributed by atoms with Crippen LogP contribution in [0.5, 0.6) is 0 Å². The number of nitrogens with one attached hydrogen (secondary N) is 2. The largest absolute Gasteiger partial charge is 0.421 e. The third-order valence-electron chi connectivity index (χ3n) is 5.02. The van der Waals surface area contributed by atoms with E-state index in [4.69, 9.17) is 11.6 Å². The molecule has 0 saturated heterocycles. The maximum absolute atomic E-state index is 13.7. The van der Waals surface area contributed by atoms with E-state index in [1.165, 1.54) is 0 Å². The van der Waals surface area contributed by atoms with Gasteiger partial charge < -0.3 is 10.3 Å². The number of aromatic nitrogens is 3. The van der Waals surface area contributed by atoms with Gasteiger partial charge >= 0.3 is 6.18 Å². The van der Waals surface area contributed by atoms with Crippen molar-refractivity contribution in [3.63, 3.8) is 0 Å². The maximum atomic E-state index is 13.7. The number of fused-ring (bicyclic) bond motifs is 1. The molecule has 0 radical (unpaired) electrons. The van der Waals surface area contributed by atoms with Crippen molar-refractivity contribution < 1.29 is 26.7 Å². The first-order chi connectivity index (χ1) is 14.4. The van der Waals surface area contributed by atoms with Crippen LogP contribution in [0, 0.1) is 6.92 Å². The van der Waals surface area contributed by atoms with Gasteiger partial charge in [0, 0.05) is 23.9 Å². The Morgan fingerprint density at radius 1 is 1.32 bits per heavy atom. The number of carbonyl (C=O) groups is 1. The van der Waals surface area contributed by atoms with Crippen LogP contribution in [-0.4, -0.2) is 32.5 Å². The Kier molecular flexibility index (Phi) is 4.84. The normalized spacial score (nSPS) is 16.4. The van der Waals surface area contributed by atoms with E-state index < -0.39 is 59.2 Å². The maximum Gasteiger partial charge on any atom is 0.421 e. The third-order valence-corrected chi connectivity index (χ3v) is 5.44. The van der Waals surface area contributed by atoms with Crippen molar-refractivity contribution in [2.75, 3.05) is 0 Å². The number of alkyl halides is 5. The summed E-state index contributed by atoms with van der Waals surface area (Å²) in [4.78, 5) is 27.3. The number of aryl methyl sites for hydroxylation is 1. The smallest absolute Gasteiger partial charge is 0.347 e. The van der Waals surface area contributed by atoms with Gasteiger partial charge in [-0.1, -0.05) is 17.7 Å². The summed E-state index contributed by atoms with van der Waals surface area (Å²) in [5, 5.41) is 6.25. The molecule has 1 saturated carbocycles. The van der Waals surface area contributed by atoms with Gasteiger partial charge in [0.1, 0.15) is 11.1 Å². The number of nitrogens with zero attached hydrogens (tertiary/aromatic N) is 2. The van der Waals surface area contributed by atoms with E-state index in [9.17, 15) is 31.5 Å². The zero-order valence-electron chi connectivity index (χ0n) is 15.8. The molecule has 0 unspecified atom stereocenters. The number of aromatic amines is 1. The SMILES string of the molecule is Cc1cc(-c2cn3nc(C(=O)NC4CC(F)(F)C4)c(C(F)(F)F)c3c(=O)[nH]2)ccc1Cl. The molecule has 1 fully saturated rings. The second kappa shape index (κ2) is 7.04. The van der Waals surface area contributed by atoms with Crippen LogP contribution in [0.4, 0.5) is 22.0 Å². The molecule has 2 aromatic heterocycles.